The Bertz CT molecular complexity index is 1890. The van der Waals surface area contributed by atoms with Gasteiger partial charge in [0.2, 0.25) is 0 Å². The third-order valence-electron chi connectivity index (χ3n) is 6.81. The molecule has 6 heteroatoms. The number of nitrogens with zero attached hydrogens (tertiary/aromatic N) is 3. The normalized spacial score (nSPS) is 11.6. The van der Waals surface area contributed by atoms with Gasteiger partial charge in [-0.25, -0.2) is 4.98 Å². The molecule has 37 heavy (non-hydrogen) atoms. The molecule has 0 spiro atoms. The number of amides is 1. The first-order valence-electron chi connectivity index (χ1n) is 12.3. The number of likely N-dealkylation sites (N-methyl/N-ethyl adjacent to an activating group) is 1. The van der Waals surface area contributed by atoms with Crippen LogP contribution in [0.1, 0.15) is 10.4 Å². The maximum absolute atomic E-state index is 13.6. The lowest BCUT2D eigenvalue weighted by molar-refractivity contribution is 0.0952. The van der Waals surface area contributed by atoms with Crippen LogP contribution in [0.15, 0.2) is 95.9 Å². The molecule has 1 amide bonds. The van der Waals surface area contributed by atoms with Gasteiger partial charge in [-0.05, 0) is 77.1 Å². The summed E-state index contributed by atoms with van der Waals surface area (Å²) in [4.78, 5) is 33.2. The Labute approximate surface area is 213 Å². The van der Waals surface area contributed by atoms with E-state index in [0.717, 1.165) is 28.4 Å². The van der Waals surface area contributed by atoms with Crippen LogP contribution in [0.5, 0.6) is 0 Å². The van der Waals surface area contributed by atoms with Crippen molar-refractivity contribution in [3.8, 4) is 11.1 Å². The number of hydrogen-bond donors (Lipinski definition) is 1. The molecule has 0 fully saturated rings. The van der Waals surface area contributed by atoms with Crippen LogP contribution >= 0.6 is 0 Å². The van der Waals surface area contributed by atoms with Crippen LogP contribution in [0.2, 0.25) is 0 Å². The number of fused-ring (bicyclic) bond motifs is 5. The number of pyridine rings is 1. The lowest BCUT2D eigenvalue weighted by Crippen LogP contribution is -2.32. The summed E-state index contributed by atoms with van der Waals surface area (Å²) in [6.07, 6.45) is 1.67. The highest BCUT2D eigenvalue weighted by Crippen LogP contribution is 2.35. The Morgan fingerprint density at radius 3 is 2.43 bits per heavy atom. The number of nitrogens with one attached hydrogen (secondary N) is 1. The van der Waals surface area contributed by atoms with Crippen LogP contribution in [0.3, 0.4) is 0 Å². The van der Waals surface area contributed by atoms with E-state index in [2.05, 4.69) is 47.8 Å². The van der Waals surface area contributed by atoms with Gasteiger partial charge in [0.1, 0.15) is 0 Å². The number of aromatic nitrogens is 2. The van der Waals surface area contributed by atoms with Crippen molar-refractivity contribution in [2.45, 2.75) is 0 Å². The molecule has 0 aliphatic heterocycles. The third kappa shape index (κ3) is 4.01. The molecule has 0 saturated heterocycles. The van der Waals surface area contributed by atoms with Crippen molar-refractivity contribution in [3.63, 3.8) is 0 Å². The summed E-state index contributed by atoms with van der Waals surface area (Å²) in [6.45, 7) is 1.23. The summed E-state index contributed by atoms with van der Waals surface area (Å²) >= 11 is 0. The quantitative estimate of drug-likeness (QED) is 0.272. The molecule has 6 rings (SSSR count). The second-order valence-corrected chi connectivity index (χ2v) is 9.51. The molecule has 0 unspecified atom stereocenters. The Morgan fingerprint density at radius 1 is 0.865 bits per heavy atom. The molecule has 0 radical (unpaired) electrons. The minimum Gasteiger partial charge on any atom is -0.351 e. The monoisotopic (exact) mass is 486 g/mol. The first-order valence-corrected chi connectivity index (χ1v) is 12.3. The zero-order valence-electron chi connectivity index (χ0n) is 20.7. The fourth-order valence-electron chi connectivity index (χ4n) is 4.95. The van der Waals surface area contributed by atoms with Gasteiger partial charge in [-0.3, -0.25) is 14.0 Å². The Morgan fingerprint density at radius 2 is 1.62 bits per heavy atom. The van der Waals surface area contributed by atoms with Gasteiger partial charge < -0.3 is 10.2 Å². The van der Waals surface area contributed by atoms with Crippen molar-refractivity contribution >= 4 is 44.0 Å². The molecule has 4 aromatic carbocycles. The molecule has 6 aromatic rings. The SMILES string of the molecule is CN(C)CCNC(=O)c1cccn2c(=O)c3cc(-c4cc5ccccc5c5ccccc45)ccc3nc12. The van der Waals surface area contributed by atoms with E-state index in [1.165, 1.54) is 15.2 Å². The van der Waals surface area contributed by atoms with Crippen molar-refractivity contribution in [2.75, 3.05) is 27.2 Å². The van der Waals surface area contributed by atoms with E-state index in [-0.39, 0.29) is 11.5 Å². The van der Waals surface area contributed by atoms with Gasteiger partial charge in [-0.2, -0.15) is 0 Å². The van der Waals surface area contributed by atoms with Crippen molar-refractivity contribution in [1.82, 2.24) is 19.6 Å². The average molecular weight is 487 g/mol. The summed E-state index contributed by atoms with van der Waals surface area (Å²) in [6, 6.07) is 28.1. The molecule has 6 nitrogen and oxygen atoms in total. The number of carbonyl (C=O) groups is 1. The van der Waals surface area contributed by atoms with Crippen molar-refractivity contribution in [2.24, 2.45) is 0 Å². The van der Waals surface area contributed by atoms with Crippen LogP contribution < -0.4 is 10.9 Å². The fraction of sp³-hybridized carbons (Fsp3) is 0.129. The summed E-state index contributed by atoms with van der Waals surface area (Å²) in [7, 11) is 3.90. The predicted octanol–water partition coefficient (Wildman–Crippen LogP) is 5.11. The van der Waals surface area contributed by atoms with Gasteiger partial charge >= 0.3 is 0 Å². The maximum Gasteiger partial charge on any atom is 0.265 e. The van der Waals surface area contributed by atoms with Gasteiger partial charge in [0.15, 0.2) is 5.65 Å². The minimum absolute atomic E-state index is 0.199. The molecule has 0 aliphatic carbocycles. The molecule has 0 aliphatic rings. The number of benzene rings is 4. The van der Waals surface area contributed by atoms with Gasteiger partial charge in [0, 0.05) is 19.3 Å². The van der Waals surface area contributed by atoms with E-state index in [9.17, 15) is 9.59 Å². The molecule has 2 heterocycles. The Balaban J connectivity index is 1.51. The molecular weight excluding hydrogens is 460 g/mol. The number of rotatable bonds is 5. The predicted molar refractivity (Wildman–Crippen MR) is 150 cm³/mol. The smallest absolute Gasteiger partial charge is 0.265 e. The van der Waals surface area contributed by atoms with E-state index >= 15 is 0 Å². The highest BCUT2D eigenvalue weighted by Gasteiger charge is 2.16. The zero-order valence-corrected chi connectivity index (χ0v) is 20.7. The van der Waals surface area contributed by atoms with Crippen molar-refractivity contribution < 1.29 is 4.79 Å². The Hall–Kier alpha value is -4.55. The summed E-state index contributed by atoms with van der Waals surface area (Å²) < 4.78 is 1.46. The van der Waals surface area contributed by atoms with E-state index < -0.39 is 0 Å². The molecule has 0 atom stereocenters. The second-order valence-electron chi connectivity index (χ2n) is 9.51. The summed E-state index contributed by atoms with van der Waals surface area (Å²) in [5.41, 5.74) is 3.11. The van der Waals surface area contributed by atoms with E-state index in [1.54, 1.807) is 18.3 Å². The summed E-state index contributed by atoms with van der Waals surface area (Å²) in [5.74, 6) is -0.245. The van der Waals surface area contributed by atoms with E-state index in [1.807, 2.05) is 49.3 Å². The molecular formula is C31H26N4O2. The molecule has 0 saturated carbocycles. The number of hydrogen-bond acceptors (Lipinski definition) is 4. The molecule has 1 N–H and O–H groups in total. The van der Waals surface area contributed by atoms with Gasteiger partial charge in [0.05, 0.1) is 16.5 Å². The molecule has 182 valence electrons. The van der Waals surface area contributed by atoms with E-state index in [4.69, 9.17) is 4.98 Å². The lowest BCUT2D eigenvalue weighted by Gasteiger charge is -2.13. The van der Waals surface area contributed by atoms with Crippen LogP contribution in [0.25, 0.3) is 49.2 Å². The van der Waals surface area contributed by atoms with E-state index in [0.29, 0.717) is 28.7 Å². The Kier molecular flexibility index (Phi) is 5.66. The molecule has 2 aromatic heterocycles. The van der Waals surface area contributed by atoms with Crippen LogP contribution in [-0.2, 0) is 0 Å². The largest absolute Gasteiger partial charge is 0.351 e. The van der Waals surface area contributed by atoms with Crippen LogP contribution in [0.4, 0.5) is 0 Å². The lowest BCUT2D eigenvalue weighted by atomic mass is 9.93. The van der Waals surface area contributed by atoms with Gasteiger partial charge in [-0.15, -0.1) is 0 Å². The average Bonchev–Trinajstić information content (AvgIpc) is 2.92. The second kappa shape index (κ2) is 9.15. The van der Waals surface area contributed by atoms with Crippen molar-refractivity contribution in [3.05, 3.63) is 107 Å². The van der Waals surface area contributed by atoms with Crippen LogP contribution in [-0.4, -0.2) is 47.4 Å². The highest BCUT2D eigenvalue weighted by molar-refractivity contribution is 6.14. The maximum atomic E-state index is 13.6. The van der Waals surface area contributed by atoms with Gasteiger partial charge in [0.25, 0.3) is 11.5 Å². The first kappa shape index (κ1) is 22.9. The third-order valence-corrected chi connectivity index (χ3v) is 6.81. The number of carbonyl (C=O) groups excluding carboxylic acids is 1. The van der Waals surface area contributed by atoms with Crippen LogP contribution in [0, 0.1) is 0 Å². The standard InChI is InChI=1S/C31H26N4O2/c1-34(2)17-15-32-30(36)25-12-7-16-35-29(25)33-28-14-13-21(19-27(28)31(35)37)26-18-20-8-3-4-9-22(20)23-10-5-6-11-24(23)26/h3-14,16,18-19H,15,17H2,1-2H3,(H,32,36). The van der Waals surface area contributed by atoms with Crippen molar-refractivity contribution in [1.29, 1.82) is 0 Å². The van der Waals surface area contributed by atoms with Gasteiger partial charge in [-0.1, -0.05) is 54.6 Å². The summed E-state index contributed by atoms with van der Waals surface area (Å²) in [5, 5.41) is 8.08. The highest BCUT2D eigenvalue weighted by atomic mass is 16.2. The topological polar surface area (TPSA) is 66.7 Å². The first-order chi connectivity index (χ1) is 18.0. The minimum atomic E-state index is -0.245. The fourth-order valence-corrected chi connectivity index (χ4v) is 4.95. The molecule has 0 bridgehead atoms. The zero-order chi connectivity index (χ0) is 25.5.